The highest BCUT2D eigenvalue weighted by molar-refractivity contribution is 6.22. The van der Waals surface area contributed by atoms with E-state index in [9.17, 15) is 43.3 Å². The molecule has 0 aliphatic carbocycles. The Hall–Kier alpha value is -14.7. The number of hydrogen-bond donors (Lipinski definition) is 10. The van der Waals surface area contributed by atoms with Crippen molar-refractivity contribution in [1.82, 2.24) is 80.3 Å². The van der Waals surface area contributed by atoms with Crippen LogP contribution in [0.1, 0.15) is 71.7 Å². The number of H-pyrrole nitrogens is 5. The van der Waals surface area contributed by atoms with Gasteiger partial charge in [0.2, 0.25) is 0 Å². The van der Waals surface area contributed by atoms with Crippen LogP contribution in [0.2, 0.25) is 0 Å². The fourth-order valence-corrected chi connectivity index (χ4v) is 17.3. The summed E-state index contributed by atoms with van der Waals surface area (Å²) in [4.78, 5) is 83.0. The average molecular weight is 1620 g/mol. The maximum atomic E-state index is 14.2. The molecule has 7 aromatic carbocycles. The molecule has 10 N–H and O–H groups in total. The van der Waals surface area contributed by atoms with Crippen LogP contribution in [-0.2, 0) is 19.5 Å². The zero-order valence-corrected chi connectivity index (χ0v) is 67.2. The maximum Gasteiger partial charge on any atom is 0.261 e. The molecule has 0 atom stereocenters. The van der Waals surface area contributed by atoms with Gasteiger partial charge in [0.15, 0.2) is 16.9 Å². The van der Waals surface area contributed by atoms with Gasteiger partial charge in [-0.15, -0.1) is 0 Å². The standard InChI is InChI=1S/C28H28N6O2.C27H25F2N5O.C22H16N4O2.C17H15N3O2/c1-3-33-16-22(18-4-8-20(9-5-18)34-14-12-29-13-15-34)24-23-17(2)31-32-27(23)30-26(25(24)28(33)36)19-6-10-21(35)11-7-19;1-3-34-21-14-19(33-9-5-4-6-10-33)7-8-20(21)23-22-15(2)31-32-26(22)30-25(24(23)27(34)35)16-11-17(28)13-18(29)12-16;1-12-18-16-11-17(13-5-3-2-4-6-13)23-22(28)19(16)20(24-21(18)26-25-12)14-7-9-15(27)10-8-14;1-9-8-19-16-13(9)12-6-7-18-17(22)14(12)15(20-16)10-2-4-11(21)5-3-10/h4-11,16,29,35H,3,12-15H2,1-2H3,(H,30,31,32);7-8,11-14H,3-6,9-10H2,1-2H3,(H,30,31,32);2-11,27H,1H3,(H,23,28)(H,24,25,26);2-5,8,21H,6-7H2,1H3,(H,18,22)(H,19,20). The number of amides is 1. The van der Waals surface area contributed by atoms with Crippen molar-refractivity contribution in [3.05, 3.63) is 259 Å². The first kappa shape index (κ1) is 77.5. The van der Waals surface area contributed by atoms with Gasteiger partial charge in [0, 0.05) is 172 Å². The molecular formula is C94H84F2N18O7. The number of piperazine rings is 1. The van der Waals surface area contributed by atoms with Crippen LogP contribution in [0.4, 0.5) is 20.2 Å². The second-order valence-corrected chi connectivity index (χ2v) is 30.7. The lowest BCUT2D eigenvalue weighted by Crippen LogP contribution is -2.43. The number of carbonyl (C=O) groups excluding carboxylic acids is 1. The Bertz CT molecular complexity index is 7290. The molecule has 3 aliphatic rings. The number of pyridine rings is 7. The molecule has 18 aromatic rings. The van der Waals surface area contributed by atoms with Crippen molar-refractivity contribution in [2.75, 3.05) is 55.6 Å². The molecular weight excluding hydrogens is 1530 g/mol. The van der Waals surface area contributed by atoms with Gasteiger partial charge >= 0.3 is 0 Å². The molecule has 2 fully saturated rings. The number of aryl methyl sites for hydroxylation is 6. The average Bonchev–Trinajstić information content (AvgIpc) is 1.68. The van der Waals surface area contributed by atoms with E-state index >= 15 is 0 Å². The lowest BCUT2D eigenvalue weighted by molar-refractivity contribution is 0.0946. The Kier molecular flexibility index (Phi) is 20.5. The van der Waals surface area contributed by atoms with Crippen LogP contribution in [0.3, 0.4) is 0 Å². The lowest BCUT2D eigenvalue weighted by atomic mass is 9.92. The van der Waals surface area contributed by atoms with Crippen molar-refractivity contribution in [3.63, 3.8) is 0 Å². The third-order valence-corrected chi connectivity index (χ3v) is 23.2. The predicted octanol–water partition coefficient (Wildman–Crippen LogP) is 16.4. The Labute approximate surface area is 689 Å². The van der Waals surface area contributed by atoms with Gasteiger partial charge in [-0.2, -0.15) is 15.3 Å². The predicted molar refractivity (Wildman–Crippen MR) is 472 cm³/mol. The molecule has 1 amide bonds. The molecule has 27 heteroatoms. The maximum absolute atomic E-state index is 14.2. The Morgan fingerprint density at radius 3 is 1.60 bits per heavy atom. The second-order valence-electron chi connectivity index (χ2n) is 30.7. The molecule has 2 saturated heterocycles. The molecule has 14 heterocycles. The number of nitrogens with one attached hydrogen (secondary N) is 7. The number of benzene rings is 7. The highest BCUT2D eigenvalue weighted by Crippen LogP contribution is 2.43. The van der Waals surface area contributed by atoms with Crippen molar-refractivity contribution in [2.45, 2.75) is 80.3 Å². The normalized spacial score (nSPS) is 13.5. The van der Waals surface area contributed by atoms with Crippen LogP contribution in [0.5, 0.6) is 17.2 Å². The van der Waals surface area contributed by atoms with Crippen LogP contribution >= 0.6 is 0 Å². The smallest absolute Gasteiger partial charge is 0.261 e. The summed E-state index contributed by atoms with van der Waals surface area (Å²) in [5, 5.41) is 65.4. The third kappa shape index (κ3) is 14.3. The van der Waals surface area contributed by atoms with Gasteiger partial charge in [-0.05, 0) is 205 Å². The van der Waals surface area contributed by atoms with E-state index in [4.69, 9.17) is 4.98 Å². The third-order valence-electron chi connectivity index (χ3n) is 23.2. The number of rotatable bonds is 10. The van der Waals surface area contributed by atoms with E-state index in [2.05, 4.69) is 118 Å². The van der Waals surface area contributed by atoms with Crippen LogP contribution in [0.15, 0.2) is 197 Å². The van der Waals surface area contributed by atoms with Gasteiger partial charge in [0.05, 0.1) is 60.8 Å². The summed E-state index contributed by atoms with van der Waals surface area (Å²) >= 11 is 0. The highest BCUT2D eigenvalue weighted by atomic mass is 19.1. The van der Waals surface area contributed by atoms with Crippen molar-refractivity contribution >= 4 is 105 Å². The second kappa shape index (κ2) is 31.9. The monoisotopic (exact) mass is 1610 g/mol. The Balaban J connectivity index is 0.000000112. The Morgan fingerprint density at radius 2 is 0.992 bits per heavy atom. The van der Waals surface area contributed by atoms with E-state index in [1.807, 2.05) is 90.3 Å². The minimum absolute atomic E-state index is 0.0840. The molecule has 121 heavy (non-hydrogen) atoms. The summed E-state index contributed by atoms with van der Waals surface area (Å²) in [6.45, 7) is 19.3. The van der Waals surface area contributed by atoms with Crippen LogP contribution < -0.4 is 37.1 Å². The van der Waals surface area contributed by atoms with Crippen LogP contribution in [0.25, 0.3) is 155 Å². The number of hydrogen-bond acceptors (Lipinski definition) is 17. The number of nitrogens with zero attached hydrogens (tertiary/aromatic N) is 11. The van der Waals surface area contributed by atoms with Gasteiger partial charge in [-0.1, -0.05) is 48.5 Å². The van der Waals surface area contributed by atoms with E-state index in [1.54, 1.807) is 81.9 Å². The number of phenolic OH excluding ortho intramolecular Hbond substituents is 3. The first-order valence-electron chi connectivity index (χ1n) is 40.5. The number of anilines is 2. The fraction of sp³-hybridized carbons (Fsp3) is 0.202. The molecule has 0 saturated carbocycles. The zero-order chi connectivity index (χ0) is 83.6. The van der Waals surface area contributed by atoms with Gasteiger partial charge < -0.3 is 54.9 Å². The number of aromatic nitrogens is 14. The molecule has 0 spiro atoms. The van der Waals surface area contributed by atoms with Gasteiger partial charge in [0.25, 0.3) is 22.6 Å². The van der Waals surface area contributed by atoms with E-state index in [1.165, 1.54) is 24.2 Å². The summed E-state index contributed by atoms with van der Waals surface area (Å²) in [5.41, 5.74) is 18.4. The Morgan fingerprint density at radius 1 is 0.455 bits per heavy atom. The van der Waals surface area contributed by atoms with Crippen molar-refractivity contribution < 1.29 is 28.9 Å². The van der Waals surface area contributed by atoms with Crippen molar-refractivity contribution in [3.8, 4) is 84.7 Å². The van der Waals surface area contributed by atoms with Gasteiger partial charge in [-0.3, -0.25) is 34.5 Å². The molecule has 606 valence electrons. The quantitative estimate of drug-likeness (QED) is 0.0569. The molecule has 11 aromatic heterocycles. The highest BCUT2D eigenvalue weighted by Gasteiger charge is 2.30. The number of piperidine rings is 1. The zero-order valence-electron chi connectivity index (χ0n) is 67.2. The minimum Gasteiger partial charge on any atom is -0.508 e. The van der Waals surface area contributed by atoms with Crippen LogP contribution in [-0.4, -0.2) is 137 Å². The number of aromatic hydroxyl groups is 3. The van der Waals surface area contributed by atoms with E-state index in [0.717, 1.165) is 186 Å². The number of aromatic amines is 5. The molecule has 25 nitrogen and oxygen atoms in total. The van der Waals surface area contributed by atoms with Gasteiger partial charge in [0.1, 0.15) is 34.5 Å². The number of halogens is 2. The van der Waals surface area contributed by atoms with E-state index in [-0.39, 0.29) is 51.1 Å². The summed E-state index contributed by atoms with van der Waals surface area (Å²) in [7, 11) is 0. The summed E-state index contributed by atoms with van der Waals surface area (Å²) < 4.78 is 31.8. The van der Waals surface area contributed by atoms with Crippen molar-refractivity contribution in [2.24, 2.45) is 0 Å². The van der Waals surface area contributed by atoms with E-state index in [0.29, 0.717) is 80.8 Å². The van der Waals surface area contributed by atoms with E-state index < -0.39 is 11.6 Å². The minimum atomic E-state index is -0.726. The fourth-order valence-electron chi connectivity index (χ4n) is 17.3. The number of fused-ring (bicyclic) bond motifs is 14. The lowest BCUT2D eigenvalue weighted by Gasteiger charge is -2.29. The van der Waals surface area contributed by atoms with Crippen LogP contribution in [0, 0.1) is 39.3 Å². The number of carbonyl (C=O) groups is 1. The molecule has 0 radical (unpaired) electrons. The topological polar surface area (TPSA) is 339 Å². The van der Waals surface area contributed by atoms with Crippen molar-refractivity contribution in [1.29, 1.82) is 0 Å². The molecule has 21 rings (SSSR count). The summed E-state index contributed by atoms with van der Waals surface area (Å²) in [5.74, 6) is -1.02. The first-order valence-corrected chi connectivity index (χ1v) is 40.5. The first-order chi connectivity index (χ1) is 58.8. The summed E-state index contributed by atoms with van der Waals surface area (Å²) in [6, 6.07) is 50.0. The largest absolute Gasteiger partial charge is 0.508 e. The molecule has 0 bridgehead atoms. The molecule has 0 unspecified atom stereocenters. The molecule has 3 aliphatic heterocycles. The number of phenols is 3. The SMILES string of the molecule is CCn1c(=O)c2c(-c3cc(F)cc(F)c3)nc3n[nH]c(C)c3c2c2ccc(N3CCCCC3)cc21.CCn1cc(-c2ccc(N3CCNCC3)cc2)c2c(c(-c3ccc(O)cc3)nc3n[nH]c(C)c32)c1=O.Cc1[nH]nc2nc(-c3ccc(O)cc3)c3c(=O)[nH]c(-c4ccccc4)cc3c12.Cc1c[nH]c2nc(-c3ccc(O)cc3)c3c(c12)CCNC3=O. The summed E-state index contributed by atoms with van der Waals surface area (Å²) in [6.07, 6.45) is 8.23. The van der Waals surface area contributed by atoms with Gasteiger partial charge in [-0.25, -0.2) is 28.7 Å².